The normalized spacial score (nSPS) is 24.4. The molecule has 0 unspecified atom stereocenters. The predicted octanol–water partition coefficient (Wildman–Crippen LogP) is 2.26. The summed E-state index contributed by atoms with van der Waals surface area (Å²) in [6, 6.07) is 23.6. The van der Waals surface area contributed by atoms with Gasteiger partial charge < -0.3 is 69.4 Å². The van der Waals surface area contributed by atoms with Gasteiger partial charge in [0.1, 0.15) is 109 Å². The van der Waals surface area contributed by atoms with Gasteiger partial charge in [-0.2, -0.15) is 30.9 Å². The van der Waals surface area contributed by atoms with Crippen LogP contribution in [0.1, 0.15) is 50.3 Å². The van der Waals surface area contributed by atoms with Crippen LogP contribution in [0, 0.1) is 22.7 Å². The zero-order valence-corrected chi connectivity index (χ0v) is 46.4. The molecule has 6 aromatic rings. The monoisotopic (exact) mass is 1180 g/mol. The highest BCUT2D eigenvalue weighted by Crippen LogP contribution is 2.50. The molecule has 0 aliphatic carbocycles. The number of aliphatic hydroxyl groups excluding tert-OH is 4. The number of nitrogen functional groups attached to an aromatic ring is 2. The number of ether oxygens (including phenoxy) is 6. The van der Waals surface area contributed by atoms with Crippen LogP contribution in [-0.2, 0) is 56.2 Å². The molecule has 0 radical (unpaired) electrons. The number of carbonyl (C=O) groups is 2. The molecule has 0 bridgehead atoms. The van der Waals surface area contributed by atoms with E-state index in [9.17, 15) is 49.7 Å². The number of methoxy groups -OCH3 is 2. The first-order chi connectivity index (χ1) is 39.3. The SMILES string of the molecule is COCCCOC(=O)[C@H](C)N[P@@](=O)(OC[C@@]1(C#N)O[C@@H](c2ccc3c(N)ncnn23)[C@H](O)[C@@H]1O)Oc1ccccc1.COCCCOC(=O)[C@H](C)N[P@](=O)(OC[C@@]1(C#N)O[C@@H](c2ccc3c(N)ncnn23)[C@H](O)[C@@H]1O)Oc1ccccc1. The summed E-state index contributed by atoms with van der Waals surface area (Å²) in [5.74, 6) is -0.845. The Kier molecular flexibility index (Phi) is 21.1. The number of nitrogens with zero attached hydrogens (tertiary/aromatic N) is 8. The summed E-state index contributed by atoms with van der Waals surface area (Å²) in [7, 11) is -5.80. The van der Waals surface area contributed by atoms with Crippen molar-refractivity contribution in [1.29, 1.82) is 10.5 Å². The number of carbonyl (C=O) groups excluding carboxylic acids is 2. The van der Waals surface area contributed by atoms with Crippen molar-refractivity contribution in [3.05, 3.63) is 109 Å². The molecule has 30 nitrogen and oxygen atoms in total. The molecule has 2 aliphatic heterocycles. The van der Waals surface area contributed by atoms with Crippen LogP contribution in [0.3, 0.4) is 0 Å². The number of esters is 2. The van der Waals surface area contributed by atoms with Crippen molar-refractivity contribution in [2.24, 2.45) is 0 Å². The molecule has 32 heteroatoms. The molecule has 2 aromatic carbocycles. The number of hydrogen-bond acceptors (Lipinski definition) is 26. The average Bonchev–Trinajstić information content (AvgIpc) is 3.84. The van der Waals surface area contributed by atoms with Crippen LogP contribution in [-0.4, -0.2) is 163 Å². The quantitative estimate of drug-likeness (QED) is 0.0219. The number of fused-ring (bicyclic) bond motifs is 2. The van der Waals surface area contributed by atoms with Gasteiger partial charge in [0.05, 0.1) is 24.6 Å². The fraction of sp³-hybridized carbons (Fsp3) is 0.440. The molecule has 10 N–H and O–H groups in total. The van der Waals surface area contributed by atoms with Crippen molar-refractivity contribution in [2.45, 2.75) is 86.6 Å². The summed E-state index contributed by atoms with van der Waals surface area (Å²) >= 11 is 0. The van der Waals surface area contributed by atoms with E-state index >= 15 is 0 Å². The van der Waals surface area contributed by atoms with Crippen molar-refractivity contribution in [2.75, 3.05) is 65.3 Å². The van der Waals surface area contributed by atoms with Gasteiger partial charge in [0.2, 0.25) is 11.2 Å². The fourth-order valence-electron chi connectivity index (χ4n) is 8.31. The largest absolute Gasteiger partial charge is 0.464 e. The summed E-state index contributed by atoms with van der Waals surface area (Å²) in [6.07, 6.45) is -5.95. The zero-order valence-electron chi connectivity index (χ0n) is 44.6. The molecule has 0 saturated carbocycles. The Balaban J connectivity index is 0.000000236. The third kappa shape index (κ3) is 14.5. The molecule has 82 heavy (non-hydrogen) atoms. The highest BCUT2D eigenvalue weighted by atomic mass is 31.2. The number of nitrogens with one attached hydrogen (secondary N) is 2. The Morgan fingerprint density at radius 3 is 1.38 bits per heavy atom. The van der Waals surface area contributed by atoms with Crippen LogP contribution in [0.15, 0.2) is 97.6 Å². The predicted molar refractivity (Wildman–Crippen MR) is 285 cm³/mol. The van der Waals surface area contributed by atoms with Crippen molar-refractivity contribution in [3.63, 3.8) is 0 Å². The van der Waals surface area contributed by atoms with Crippen molar-refractivity contribution < 1.29 is 85.7 Å². The zero-order chi connectivity index (χ0) is 59.2. The van der Waals surface area contributed by atoms with Crippen molar-refractivity contribution in [1.82, 2.24) is 39.4 Å². The molecule has 440 valence electrons. The molecule has 2 aliphatic rings. The van der Waals surface area contributed by atoms with Crippen LogP contribution in [0.4, 0.5) is 11.6 Å². The number of benzene rings is 2. The second kappa shape index (κ2) is 27.7. The van der Waals surface area contributed by atoms with Gasteiger partial charge in [-0.05, 0) is 62.4 Å². The molecule has 12 atom stereocenters. The van der Waals surface area contributed by atoms with E-state index in [0.29, 0.717) is 37.1 Å². The maximum atomic E-state index is 13.9. The van der Waals surface area contributed by atoms with E-state index in [1.54, 1.807) is 60.7 Å². The molecule has 0 amide bonds. The third-order valence-electron chi connectivity index (χ3n) is 12.6. The van der Waals surface area contributed by atoms with Gasteiger partial charge in [-0.3, -0.25) is 18.6 Å². The van der Waals surface area contributed by atoms with Gasteiger partial charge in [-0.25, -0.2) is 28.1 Å². The van der Waals surface area contributed by atoms with Gasteiger partial charge in [0.15, 0.2) is 11.6 Å². The fourth-order valence-corrected chi connectivity index (χ4v) is 11.4. The number of aliphatic hydroxyl groups is 4. The van der Waals surface area contributed by atoms with Crippen LogP contribution in [0.2, 0.25) is 0 Å². The average molecular weight is 1180 g/mol. The Morgan fingerprint density at radius 2 is 1.02 bits per heavy atom. The highest BCUT2D eigenvalue weighted by Gasteiger charge is 2.59. The number of rotatable bonds is 26. The number of anilines is 2. The van der Waals surface area contributed by atoms with E-state index in [-0.39, 0.29) is 47.7 Å². The lowest BCUT2D eigenvalue weighted by Crippen LogP contribution is -2.46. The Labute approximate surface area is 468 Å². The number of para-hydroxylation sites is 2. The topological polar surface area (TPSA) is 426 Å². The van der Waals surface area contributed by atoms with Crippen molar-refractivity contribution >= 4 is 50.1 Å². The first kappa shape index (κ1) is 62.4. The maximum Gasteiger partial charge on any atom is 0.459 e. The molecular weight excluding hydrogens is 1120 g/mol. The molecule has 8 rings (SSSR count). The molecule has 0 spiro atoms. The third-order valence-corrected chi connectivity index (χ3v) is 15.8. The first-order valence-electron chi connectivity index (χ1n) is 25.2. The van der Waals surface area contributed by atoms with E-state index < -0.39 is 101 Å². The van der Waals surface area contributed by atoms with Gasteiger partial charge in [0, 0.05) is 40.3 Å². The van der Waals surface area contributed by atoms with E-state index in [1.165, 1.54) is 74.0 Å². The number of aromatic nitrogens is 6. The van der Waals surface area contributed by atoms with Crippen LogP contribution >= 0.6 is 15.5 Å². The van der Waals surface area contributed by atoms with Gasteiger partial charge in [-0.15, -0.1) is 0 Å². The molecular formula is C50H62N12O18P2. The van der Waals surface area contributed by atoms with E-state index in [0.717, 1.165) is 0 Å². The number of hydrogen-bond donors (Lipinski definition) is 8. The Hall–Kier alpha value is -7.22. The van der Waals surface area contributed by atoms with Crippen LogP contribution < -0.4 is 30.7 Å². The molecule has 4 aromatic heterocycles. The maximum absolute atomic E-state index is 13.9. The lowest BCUT2D eigenvalue weighted by molar-refractivity contribution is -0.146. The van der Waals surface area contributed by atoms with Crippen LogP contribution in [0.25, 0.3) is 11.0 Å². The lowest BCUT2D eigenvalue weighted by atomic mass is 9.96. The van der Waals surface area contributed by atoms with Crippen LogP contribution in [0.5, 0.6) is 11.5 Å². The minimum atomic E-state index is -4.42. The number of nitrogens with two attached hydrogens (primary N) is 2. The minimum absolute atomic E-state index is 0.0746. The summed E-state index contributed by atoms with van der Waals surface area (Å²) < 4.78 is 84.8. The highest BCUT2D eigenvalue weighted by molar-refractivity contribution is 7.52. The summed E-state index contributed by atoms with van der Waals surface area (Å²) in [4.78, 5) is 32.8. The van der Waals surface area contributed by atoms with Crippen molar-refractivity contribution in [3.8, 4) is 23.6 Å². The Bertz CT molecular complexity index is 3080. The summed E-state index contributed by atoms with van der Waals surface area (Å²) in [5.41, 5.74) is 8.80. The first-order valence-corrected chi connectivity index (χ1v) is 28.3. The van der Waals surface area contributed by atoms with E-state index in [2.05, 4.69) is 30.3 Å². The summed E-state index contributed by atoms with van der Waals surface area (Å²) in [6.45, 7) is 2.09. The van der Waals surface area contributed by atoms with Gasteiger partial charge >= 0.3 is 27.4 Å². The van der Waals surface area contributed by atoms with Gasteiger partial charge in [0.25, 0.3) is 0 Å². The smallest absolute Gasteiger partial charge is 0.459 e. The standard InChI is InChI=1S/2C25H31N6O9P/c2*1-16(24(34)37-12-6-11-36-2)30-41(35,40-17-7-4-3-5-8-17)38-14-25(13-26)22(33)20(32)21(39-25)18-9-10-19-23(27)28-15-29-31(18)19/h2*3-5,7-10,15-16,20-22,32-33H,6,11-12,14H2,1-2H3,(H,30,35)(H2,27,28,29)/t16-,20-,21-,22-,25+,41+;16-,20-,21-,22-,25+,41-/m00/s1. The lowest BCUT2D eigenvalue weighted by Gasteiger charge is -2.28. The second-order valence-electron chi connectivity index (χ2n) is 18.4. The number of nitriles is 2. The molecule has 2 saturated heterocycles. The Morgan fingerprint density at radius 1 is 0.646 bits per heavy atom. The molecule has 2 fully saturated rings. The van der Waals surface area contributed by atoms with E-state index in [1.807, 2.05) is 12.1 Å². The minimum Gasteiger partial charge on any atom is -0.464 e. The summed E-state index contributed by atoms with van der Waals surface area (Å²) in [5, 5.41) is 76.9. The second-order valence-corrected chi connectivity index (χ2v) is 21.8. The van der Waals surface area contributed by atoms with E-state index in [4.69, 9.17) is 58.0 Å². The van der Waals surface area contributed by atoms with Gasteiger partial charge in [-0.1, -0.05) is 36.4 Å². The molecule has 6 heterocycles.